The van der Waals surface area contributed by atoms with Gasteiger partial charge in [-0.15, -0.1) is 11.3 Å². The second-order valence-corrected chi connectivity index (χ2v) is 9.05. The van der Waals surface area contributed by atoms with Crippen LogP contribution in [-0.2, 0) is 21.4 Å². The van der Waals surface area contributed by atoms with Gasteiger partial charge in [-0.1, -0.05) is 11.6 Å². The molecule has 2 N–H and O–H groups in total. The SMILES string of the molecule is CSCCC(NS(=O)(=O)c1ccc(F)c(Cl)c1)C(=O)NCc1cscn1. The zero-order valence-electron chi connectivity index (χ0n) is 13.7. The maximum absolute atomic E-state index is 13.3. The first kappa shape index (κ1) is 21.1. The van der Waals surface area contributed by atoms with E-state index in [9.17, 15) is 17.6 Å². The Morgan fingerprint density at radius 1 is 1.46 bits per heavy atom. The molecule has 1 aromatic heterocycles. The fourth-order valence-corrected chi connectivity index (χ4v) is 4.54. The lowest BCUT2D eigenvalue weighted by molar-refractivity contribution is -0.122. The number of aromatic nitrogens is 1. The van der Waals surface area contributed by atoms with Gasteiger partial charge in [0.2, 0.25) is 15.9 Å². The molecule has 0 spiro atoms. The second-order valence-electron chi connectivity index (χ2n) is 5.23. The lowest BCUT2D eigenvalue weighted by Gasteiger charge is -2.18. The number of nitrogens with one attached hydrogen (secondary N) is 2. The molecule has 142 valence electrons. The Balaban J connectivity index is 2.11. The molecule has 6 nitrogen and oxygen atoms in total. The summed E-state index contributed by atoms with van der Waals surface area (Å²) in [5.41, 5.74) is 2.34. The monoisotopic (exact) mass is 437 g/mol. The number of carbonyl (C=O) groups excluding carboxylic acids is 1. The van der Waals surface area contributed by atoms with Crippen molar-refractivity contribution in [2.45, 2.75) is 23.9 Å². The van der Waals surface area contributed by atoms with E-state index in [-0.39, 0.29) is 16.5 Å². The molecular formula is C15H17ClFN3O3S3. The number of thiazole rings is 1. The molecule has 1 atom stereocenters. The fraction of sp³-hybridized carbons (Fsp3) is 0.333. The number of sulfonamides is 1. The van der Waals surface area contributed by atoms with Gasteiger partial charge in [0.15, 0.2) is 0 Å². The van der Waals surface area contributed by atoms with E-state index >= 15 is 0 Å². The van der Waals surface area contributed by atoms with Crippen molar-refractivity contribution < 1.29 is 17.6 Å². The smallest absolute Gasteiger partial charge is 0.241 e. The largest absolute Gasteiger partial charge is 0.349 e. The maximum atomic E-state index is 13.3. The Morgan fingerprint density at radius 2 is 2.23 bits per heavy atom. The molecule has 1 aromatic carbocycles. The van der Waals surface area contributed by atoms with Gasteiger partial charge in [0.25, 0.3) is 0 Å². The summed E-state index contributed by atoms with van der Waals surface area (Å²) in [5, 5.41) is 4.16. The van der Waals surface area contributed by atoms with Crippen LogP contribution in [0.15, 0.2) is 34.0 Å². The van der Waals surface area contributed by atoms with Gasteiger partial charge in [-0.2, -0.15) is 16.5 Å². The first-order valence-electron chi connectivity index (χ1n) is 7.44. The van der Waals surface area contributed by atoms with Gasteiger partial charge >= 0.3 is 0 Å². The van der Waals surface area contributed by atoms with Gasteiger partial charge in [-0.3, -0.25) is 4.79 Å². The molecule has 2 rings (SSSR count). The van der Waals surface area contributed by atoms with E-state index in [1.54, 1.807) is 10.9 Å². The van der Waals surface area contributed by atoms with Crippen LogP contribution in [0.25, 0.3) is 0 Å². The van der Waals surface area contributed by atoms with Crippen LogP contribution in [0.3, 0.4) is 0 Å². The molecule has 0 radical (unpaired) electrons. The van der Waals surface area contributed by atoms with Crippen LogP contribution in [0.1, 0.15) is 12.1 Å². The molecule has 0 bridgehead atoms. The van der Waals surface area contributed by atoms with E-state index in [4.69, 9.17) is 11.6 Å². The predicted molar refractivity (Wildman–Crippen MR) is 102 cm³/mol. The summed E-state index contributed by atoms with van der Waals surface area (Å²) in [5.74, 6) is -0.587. The summed E-state index contributed by atoms with van der Waals surface area (Å²) in [6, 6.07) is 2.12. The summed E-state index contributed by atoms with van der Waals surface area (Å²) >= 11 is 8.55. The quantitative estimate of drug-likeness (QED) is 0.629. The van der Waals surface area contributed by atoms with Gasteiger partial charge in [-0.25, -0.2) is 17.8 Å². The molecule has 11 heteroatoms. The van der Waals surface area contributed by atoms with Crippen LogP contribution in [0.5, 0.6) is 0 Å². The first-order valence-corrected chi connectivity index (χ1v) is 11.6. The highest BCUT2D eigenvalue weighted by Crippen LogP contribution is 2.20. The van der Waals surface area contributed by atoms with E-state index in [1.807, 2.05) is 6.26 Å². The second kappa shape index (κ2) is 9.65. The number of hydrogen-bond acceptors (Lipinski definition) is 6. The van der Waals surface area contributed by atoms with E-state index in [2.05, 4.69) is 15.0 Å². The molecule has 0 aliphatic carbocycles. The van der Waals surface area contributed by atoms with E-state index in [0.717, 1.165) is 18.2 Å². The maximum Gasteiger partial charge on any atom is 0.241 e. The first-order chi connectivity index (χ1) is 12.3. The zero-order valence-corrected chi connectivity index (χ0v) is 16.9. The van der Waals surface area contributed by atoms with Gasteiger partial charge < -0.3 is 5.32 Å². The molecule has 0 aliphatic rings. The van der Waals surface area contributed by atoms with Gasteiger partial charge in [0, 0.05) is 5.38 Å². The molecule has 0 aliphatic heterocycles. The van der Waals surface area contributed by atoms with E-state index in [0.29, 0.717) is 17.9 Å². The number of hydrogen-bond donors (Lipinski definition) is 2. The minimum absolute atomic E-state index is 0.203. The Bertz CT molecular complexity index is 847. The summed E-state index contributed by atoms with van der Waals surface area (Å²) in [6.07, 6.45) is 2.16. The summed E-state index contributed by atoms with van der Waals surface area (Å²) in [7, 11) is -4.03. The third kappa shape index (κ3) is 5.92. The van der Waals surface area contributed by atoms with Crippen molar-refractivity contribution >= 4 is 50.6 Å². The van der Waals surface area contributed by atoms with Crippen LogP contribution in [0.2, 0.25) is 5.02 Å². The van der Waals surface area contributed by atoms with Crippen LogP contribution in [-0.4, -0.2) is 37.4 Å². The number of nitrogens with zero attached hydrogens (tertiary/aromatic N) is 1. The normalized spacial score (nSPS) is 12.7. The predicted octanol–water partition coefficient (Wildman–Crippen LogP) is 2.65. The van der Waals surface area contributed by atoms with E-state index in [1.165, 1.54) is 23.1 Å². The Kier molecular flexibility index (Phi) is 7.84. The molecule has 0 saturated heterocycles. The highest BCUT2D eigenvalue weighted by molar-refractivity contribution is 7.98. The van der Waals surface area contributed by atoms with Crippen LogP contribution in [0.4, 0.5) is 4.39 Å². The fourth-order valence-electron chi connectivity index (χ4n) is 2.00. The molecule has 1 heterocycles. The lowest BCUT2D eigenvalue weighted by atomic mass is 10.2. The number of thioether (sulfide) groups is 1. The van der Waals surface area contributed by atoms with Crippen molar-refractivity contribution in [3.8, 4) is 0 Å². The number of carbonyl (C=O) groups is 1. The van der Waals surface area contributed by atoms with Gasteiger partial charge in [0.1, 0.15) is 11.9 Å². The van der Waals surface area contributed by atoms with Crippen molar-refractivity contribution in [2.24, 2.45) is 0 Å². The average molecular weight is 438 g/mol. The number of rotatable bonds is 9. The minimum Gasteiger partial charge on any atom is -0.349 e. The molecule has 26 heavy (non-hydrogen) atoms. The third-order valence-electron chi connectivity index (χ3n) is 3.35. The Hall–Kier alpha value is -1.20. The van der Waals surface area contributed by atoms with Crippen molar-refractivity contribution in [1.82, 2.24) is 15.0 Å². The van der Waals surface area contributed by atoms with Crippen LogP contribution in [0, 0.1) is 5.82 Å². The van der Waals surface area contributed by atoms with Crippen LogP contribution < -0.4 is 10.0 Å². The number of benzene rings is 1. The summed E-state index contributed by atoms with van der Waals surface area (Å²) < 4.78 is 40.7. The number of amides is 1. The summed E-state index contributed by atoms with van der Waals surface area (Å²) in [4.78, 5) is 16.3. The highest BCUT2D eigenvalue weighted by atomic mass is 35.5. The standard InChI is InChI=1S/C15H17ClFN3O3S3/c1-24-5-4-14(15(21)18-7-10-8-25-9-19-10)20-26(22,23)11-2-3-13(17)12(16)6-11/h2-3,6,8-9,14,20H,4-5,7H2,1H3,(H,18,21). The molecule has 1 unspecified atom stereocenters. The van der Waals surface area contributed by atoms with Crippen LogP contribution >= 0.6 is 34.7 Å². The summed E-state index contributed by atoms with van der Waals surface area (Å²) in [6.45, 7) is 0.211. The van der Waals surface area contributed by atoms with Crippen molar-refractivity contribution in [2.75, 3.05) is 12.0 Å². The zero-order chi connectivity index (χ0) is 19.2. The van der Waals surface area contributed by atoms with E-state index < -0.39 is 27.8 Å². The molecule has 0 fully saturated rings. The van der Waals surface area contributed by atoms with Crippen molar-refractivity contribution in [1.29, 1.82) is 0 Å². The molecular weight excluding hydrogens is 421 g/mol. The molecule has 1 amide bonds. The Labute approximate surface area is 164 Å². The Morgan fingerprint density at radius 3 is 2.85 bits per heavy atom. The van der Waals surface area contributed by atoms with Crippen molar-refractivity contribution in [3.63, 3.8) is 0 Å². The average Bonchev–Trinajstić information content (AvgIpc) is 3.12. The highest BCUT2D eigenvalue weighted by Gasteiger charge is 2.26. The minimum atomic E-state index is -4.03. The number of halogens is 2. The van der Waals surface area contributed by atoms with Crippen molar-refractivity contribution in [3.05, 3.63) is 45.6 Å². The van der Waals surface area contributed by atoms with Gasteiger partial charge in [0.05, 0.1) is 27.7 Å². The topological polar surface area (TPSA) is 88.2 Å². The van der Waals surface area contributed by atoms with Gasteiger partial charge in [-0.05, 0) is 36.6 Å². The molecule has 0 saturated carbocycles. The third-order valence-corrected chi connectivity index (χ3v) is 6.39. The molecule has 2 aromatic rings. The lowest BCUT2D eigenvalue weighted by Crippen LogP contribution is -2.46.